The van der Waals surface area contributed by atoms with Gasteiger partial charge in [-0.2, -0.15) is 0 Å². The van der Waals surface area contributed by atoms with E-state index in [4.69, 9.17) is 9.47 Å². The van der Waals surface area contributed by atoms with E-state index in [1.165, 1.54) is 44.2 Å². The van der Waals surface area contributed by atoms with Crippen molar-refractivity contribution in [3.63, 3.8) is 0 Å². The molecule has 20 heavy (non-hydrogen) atoms. The fraction of sp³-hybridized carbons (Fsp3) is 0.500. The lowest BCUT2D eigenvalue weighted by atomic mass is 9.96. The van der Waals surface area contributed by atoms with E-state index in [1.54, 1.807) is 11.3 Å². The molecule has 1 aliphatic carbocycles. The van der Waals surface area contributed by atoms with Crippen LogP contribution >= 0.6 is 15.9 Å². The van der Waals surface area contributed by atoms with Crippen LogP contribution in [0.25, 0.3) is 0 Å². The number of rotatable bonds is 2. The second-order valence-corrected chi connectivity index (χ2v) is 6.58. The predicted octanol–water partition coefficient (Wildman–Crippen LogP) is 4.21. The Kier molecular flexibility index (Phi) is 3.14. The molecule has 0 bridgehead atoms. The molecule has 0 atom stereocenters. The van der Waals surface area contributed by atoms with Crippen LogP contribution < -0.4 is 9.47 Å². The summed E-state index contributed by atoms with van der Waals surface area (Å²) in [6, 6.07) is 4.15. The normalized spacial score (nSPS) is 20.6. The maximum atomic E-state index is 5.49. The first-order valence-electron chi connectivity index (χ1n) is 7.35. The average molecular weight is 336 g/mol. The molecular formula is C16H18BrNO2. The molecule has 4 heteroatoms. The van der Waals surface area contributed by atoms with E-state index in [-0.39, 0.29) is 0 Å². The average Bonchev–Trinajstić information content (AvgIpc) is 3.06. The Morgan fingerprint density at radius 1 is 1.05 bits per heavy atom. The molecule has 0 amide bonds. The minimum absolute atomic E-state index is 0.338. The van der Waals surface area contributed by atoms with Crippen LogP contribution in [0.1, 0.15) is 37.7 Å². The molecule has 1 aromatic rings. The third-order valence-electron chi connectivity index (χ3n) is 4.52. The van der Waals surface area contributed by atoms with Crippen molar-refractivity contribution in [2.75, 3.05) is 13.3 Å². The second-order valence-electron chi connectivity index (χ2n) is 5.73. The number of allylic oxidation sites excluding steroid dienone is 1. The summed E-state index contributed by atoms with van der Waals surface area (Å²) >= 11 is 3.67. The molecule has 2 aliphatic heterocycles. The van der Waals surface area contributed by atoms with Crippen molar-refractivity contribution in [2.24, 2.45) is 0 Å². The van der Waals surface area contributed by atoms with Crippen molar-refractivity contribution in [1.29, 1.82) is 0 Å². The van der Waals surface area contributed by atoms with Gasteiger partial charge in [0.2, 0.25) is 6.79 Å². The first-order chi connectivity index (χ1) is 9.81. The lowest BCUT2D eigenvalue weighted by Gasteiger charge is -2.25. The number of ether oxygens (including phenoxy) is 2. The van der Waals surface area contributed by atoms with Crippen LogP contribution in [0.5, 0.6) is 11.5 Å². The highest BCUT2D eigenvalue weighted by Crippen LogP contribution is 2.40. The smallest absolute Gasteiger partial charge is 0.231 e. The van der Waals surface area contributed by atoms with Crippen LogP contribution in [0.15, 0.2) is 27.9 Å². The zero-order valence-corrected chi connectivity index (χ0v) is 13.0. The van der Waals surface area contributed by atoms with E-state index >= 15 is 0 Å². The van der Waals surface area contributed by atoms with E-state index in [2.05, 4.69) is 26.9 Å². The molecule has 0 aromatic heterocycles. The first-order valence-corrected chi connectivity index (χ1v) is 8.14. The lowest BCUT2D eigenvalue weighted by Crippen LogP contribution is -2.20. The minimum Gasteiger partial charge on any atom is -0.454 e. The van der Waals surface area contributed by atoms with Gasteiger partial charge in [-0.05, 0) is 55.4 Å². The maximum Gasteiger partial charge on any atom is 0.231 e. The Morgan fingerprint density at radius 3 is 2.75 bits per heavy atom. The Balaban J connectivity index is 1.59. The van der Waals surface area contributed by atoms with Gasteiger partial charge < -0.3 is 14.4 Å². The van der Waals surface area contributed by atoms with E-state index in [0.29, 0.717) is 6.79 Å². The van der Waals surface area contributed by atoms with E-state index in [1.807, 2.05) is 6.07 Å². The minimum atomic E-state index is 0.338. The predicted molar refractivity (Wildman–Crippen MR) is 80.8 cm³/mol. The fourth-order valence-electron chi connectivity index (χ4n) is 3.47. The van der Waals surface area contributed by atoms with E-state index in [9.17, 15) is 0 Å². The summed E-state index contributed by atoms with van der Waals surface area (Å²) in [5.74, 6) is 1.72. The molecule has 4 rings (SSSR count). The van der Waals surface area contributed by atoms with Gasteiger partial charge in [-0.15, -0.1) is 0 Å². The highest BCUT2D eigenvalue weighted by atomic mass is 79.9. The fourth-order valence-corrected chi connectivity index (χ4v) is 3.92. The largest absolute Gasteiger partial charge is 0.454 e. The van der Waals surface area contributed by atoms with Gasteiger partial charge in [0, 0.05) is 23.3 Å². The molecule has 0 radical (unpaired) electrons. The van der Waals surface area contributed by atoms with Crippen molar-refractivity contribution in [3.05, 3.63) is 33.4 Å². The summed E-state index contributed by atoms with van der Waals surface area (Å²) in [5, 5.41) is 0. The van der Waals surface area contributed by atoms with Crippen molar-refractivity contribution in [3.8, 4) is 11.5 Å². The molecule has 2 heterocycles. The standard InChI is InChI=1S/C16H18BrNO2/c17-13-8-16-15(19-10-20-16)7-12(13)9-18-6-5-11-3-1-2-4-14(11)18/h7-8H,1-6,9-10H2. The van der Waals surface area contributed by atoms with E-state index < -0.39 is 0 Å². The molecule has 3 aliphatic rings. The Hall–Kier alpha value is -1.16. The van der Waals surface area contributed by atoms with Crippen LogP contribution in [-0.2, 0) is 6.54 Å². The zero-order valence-electron chi connectivity index (χ0n) is 11.5. The second kappa shape index (κ2) is 4.99. The molecule has 106 valence electrons. The summed E-state index contributed by atoms with van der Waals surface area (Å²) in [5.41, 5.74) is 4.60. The van der Waals surface area contributed by atoms with Crippen molar-refractivity contribution in [2.45, 2.75) is 38.6 Å². The number of hydrogen-bond donors (Lipinski definition) is 0. The van der Waals surface area contributed by atoms with Gasteiger partial charge >= 0.3 is 0 Å². The third-order valence-corrected chi connectivity index (χ3v) is 5.26. The van der Waals surface area contributed by atoms with Crippen molar-refractivity contribution >= 4 is 15.9 Å². The van der Waals surface area contributed by atoms with Crippen LogP contribution in [0.4, 0.5) is 0 Å². The van der Waals surface area contributed by atoms with E-state index in [0.717, 1.165) is 22.5 Å². The van der Waals surface area contributed by atoms with Crippen molar-refractivity contribution in [1.82, 2.24) is 4.90 Å². The molecular weight excluding hydrogens is 318 g/mol. The highest BCUT2D eigenvalue weighted by Gasteiger charge is 2.25. The molecule has 0 saturated heterocycles. The number of fused-ring (bicyclic) bond motifs is 1. The van der Waals surface area contributed by atoms with Gasteiger partial charge in [0.15, 0.2) is 11.5 Å². The van der Waals surface area contributed by atoms with Crippen LogP contribution in [0.2, 0.25) is 0 Å². The Morgan fingerprint density at radius 2 is 1.85 bits per heavy atom. The van der Waals surface area contributed by atoms with Crippen LogP contribution in [-0.4, -0.2) is 18.2 Å². The number of nitrogens with zero attached hydrogens (tertiary/aromatic N) is 1. The van der Waals surface area contributed by atoms with Gasteiger partial charge in [0.1, 0.15) is 0 Å². The summed E-state index contributed by atoms with van der Waals surface area (Å²) in [4.78, 5) is 2.55. The SMILES string of the molecule is Brc1cc2c(cc1CN1CCC3=C1CCCC3)OCO2. The number of benzene rings is 1. The summed E-state index contributed by atoms with van der Waals surface area (Å²) < 4.78 is 12.0. The third kappa shape index (κ3) is 2.10. The molecule has 1 aromatic carbocycles. The first kappa shape index (κ1) is 12.6. The van der Waals surface area contributed by atoms with Gasteiger partial charge in [0.25, 0.3) is 0 Å². The maximum absolute atomic E-state index is 5.49. The molecule has 0 spiro atoms. The monoisotopic (exact) mass is 335 g/mol. The molecule has 0 saturated carbocycles. The van der Waals surface area contributed by atoms with Crippen molar-refractivity contribution < 1.29 is 9.47 Å². The zero-order chi connectivity index (χ0) is 13.5. The molecule has 3 nitrogen and oxygen atoms in total. The lowest BCUT2D eigenvalue weighted by molar-refractivity contribution is 0.174. The number of hydrogen-bond acceptors (Lipinski definition) is 3. The highest BCUT2D eigenvalue weighted by molar-refractivity contribution is 9.10. The van der Waals surface area contributed by atoms with Gasteiger partial charge in [-0.3, -0.25) is 0 Å². The molecule has 0 fully saturated rings. The summed E-state index contributed by atoms with van der Waals surface area (Å²) in [6.45, 7) is 2.48. The van der Waals surface area contributed by atoms with Gasteiger partial charge in [-0.1, -0.05) is 15.9 Å². The number of halogens is 1. The summed E-state index contributed by atoms with van der Waals surface area (Å²) in [6.07, 6.45) is 6.56. The Bertz CT molecular complexity index is 582. The Labute approximate surface area is 127 Å². The van der Waals surface area contributed by atoms with Gasteiger partial charge in [0.05, 0.1) is 0 Å². The van der Waals surface area contributed by atoms with Gasteiger partial charge in [-0.25, -0.2) is 0 Å². The van der Waals surface area contributed by atoms with Crippen LogP contribution in [0.3, 0.4) is 0 Å². The summed E-state index contributed by atoms with van der Waals surface area (Å²) in [7, 11) is 0. The topological polar surface area (TPSA) is 21.7 Å². The quantitative estimate of drug-likeness (QED) is 0.807. The molecule has 0 N–H and O–H groups in total. The van der Waals surface area contributed by atoms with Crippen LogP contribution in [0, 0.1) is 0 Å². The molecule has 0 unspecified atom stereocenters.